The number of nitrogens with one attached hydrogen (secondary N) is 1. The molecule has 28 heavy (non-hydrogen) atoms. The fourth-order valence-electron chi connectivity index (χ4n) is 3.06. The minimum absolute atomic E-state index is 0.0966. The summed E-state index contributed by atoms with van der Waals surface area (Å²) in [6.07, 6.45) is 0. The summed E-state index contributed by atoms with van der Waals surface area (Å²) in [6, 6.07) is 9.31. The van der Waals surface area contributed by atoms with Crippen molar-refractivity contribution < 1.29 is 18.8 Å². The first kappa shape index (κ1) is 18.5. The SMILES string of the molecule is CN(C)C(CNC(=O)c1cc(-c2ccc3c(c2)OCCO3)on1)c1ccsc1. The molecule has 1 aromatic carbocycles. The van der Waals surface area contributed by atoms with Crippen molar-refractivity contribution in [2.45, 2.75) is 6.04 Å². The van der Waals surface area contributed by atoms with E-state index in [9.17, 15) is 4.79 Å². The molecule has 0 fully saturated rings. The van der Waals surface area contributed by atoms with Gasteiger partial charge in [0.15, 0.2) is 23.0 Å². The number of rotatable bonds is 6. The second-order valence-electron chi connectivity index (χ2n) is 6.68. The number of ether oxygens (including phenoxy) is 2. The lowest BCUT2D eigenvalue weighted by molar-refractivity contribution is 0.0933. The van der Waals surface area contributed by atoms with Gasteiger partial charge in [0.05, 0.1) is 6.04 Å². The molecule has 1 aliphatic rings. The molecule has 0 bridgehead atoms. The van der Waals surface area contributed by atoms with Gasteiger partial charge < -0.3 is 24.2 Å². The number of likely N-dealkylation sites (N-methyl/N-ethyl adjacent to an activating group) is 1. The van der Waals surface area contributed by atoms with E-state index >= 15 is 0 Å². The van der Waals surface area contributed by atoms with E-state index < -0.39 is 0 Å². The Kier molecular flexibility index (Phi) is 5.31. The smallest absolute Gasteiger partial charge is 0.273 e. The zero-order valence-corrected chi connectivity index (χ0v) is 16.5. The molecular formula is C20H21N3O4S. The zero-order chi connectivity index (χ0) is 19.5. The molecule has 0 saturated carbocycles. The van der Waals surface area contributed by atoms with Gasteiger partial charge in [0.25, 0.3) is 5.91 Å². The maximum Gasteiger partial charge on any atom is 0.273 e. The van der Waals surface area contributed by atoms with Crippen LogP contribution in [0.15, 0.2) is 45.6 Å². The molecule has 1 N–H and O–H groups in total. The van der Waals surface area contributed by atoms with E-state index in [0.717, 1.165) is 5.56 Å². The molecule has 1 aliphatic heterocycles. The predicted molar refractivity (Wildman–Crippen MR) is 106 cm³/mol. The molecule has 0 saturated heterocycles. The number of carbonyl (C=O) groups excluding carboxylic acids is 1. The highest BCUT2D eigenvalue weighted by molar-refractivity contribution is 7.07. The minimum atomic E-state index is -0.269. The van der Waals surface area contributed by atoms with E-state index in [1.807, 2.05) is 37.7 Å². The van der Waals surface area contributed by atoms with Gasteiger partial charge >= 0.3 is 0 Å². The van der Waals surface area contributed by atoms with Gasteiger partial charge in [-0.2, -0.15) is 11.3 Å². The maximum atomic E-state index is 12.5. The van der Waals surface area contributed by atoms with Crippen LogP contribution in [0.5, 0.6) is 11.5 Å². The monoisotopic (exact) mass is 399 g/mol. The highest BCUT2D eigenvalue weighted by atomic mass is 32.1. The average Bonchev–Trinajstić information content (AvgIpc) is 3.40. The molecule has 1 amide bonds. The second-order valence-corrected chi connectivity index (χ2v) is 7.46. The summed E-state index contributed by atoms with van der Waals surface area (Å²) in [5, 5.41) is 11.0. The molecular weight excluding hydrogens is 378 g/mol. The lowest BCUT2D eigenvalue weighted by atomic mass is 10.1. The second kappa shape index (κ2) is 8.04. The number of benzene rings is 1. The first-order chi connectivity index (χ1) is 13.6. The number of thiophene rings is 1. The molecule has 7 nitrogen and oxygen atoms in total. The minimum Gasteiger partial charge on any atom is -0.486 e. The topological polar surface area (TPSA) is 76.8 Å². The van der Waals surface area contributed by atoms with Crippen molar-refractivity contribution in [2.24, 2.45) is 0 Å². The number of nitrogens with zero attached hydrogens (tertiary/aromatic N) is 2. The molecule has 0 aliphatic carbocycles. The lowest BCUT2D eigenvalue weighted by Crippen LogP contribution is -2.34. The molecule has 2 aromatic heterocycles. The summed E-state index contributed by atoms with van der Waals surface area (Å²) >= 11 is 1.64. The Balaban J connectivity index is 1.44. The Bertz CT molecular complexity index is 952. The van der Waals surface area contributed by atoms with Crippen LogP contribution in [0.25, 0.3) is 11.3 Å². The number of carbonyl (C=O) groups is 1. The fraction of sp³-hybridized carbons (Fsp3) is 0.300. The van der Waals surface area contributed by atoms with Crippen LogP contribution in [-0.4, -0.2) is 49.8 Å². The van der Waals surface area contributed by atoms with Gasteiger partial charge in [-0.3, -0.25) is 4.79 Å². The summed E-state index contributed by atoms with van der Waals surface area (Å²) in [7, 11) is 3.98. The number of aromatic nitrogens is 1. The van der Waals surface area contributed by atoms with Gasteiger partial charge in [-0.05, 0) is 54.7 Å². The summed E-state index contributed by atoms with van der Waals surface area (Å²) in [6.45, 7) is 1.53. The van der Waals surface area contributed by atoms with Gasteiger partial charge in [0, 0.05) is 18.2 Å². The average molecular weight is 399 g/mol. The van der Waals surface area contributed by atoms with Crippen LogP contribution in [0, 0.1) is 0 Å². The Morgan fingerprint density at radius 3 is 2.79 bits per heavy atom. The summed E-state index contributed by atoms with van der Waals surface area (Å²) in [5.41, 5.74) is 2.19. The van der Waals surface area contributed by atoms with Crippen LogP contribution in [0.4, 0.5) is 0 Å². The number of hydrogen-bond acceptors (Lipinski definition) is 7. The molecule has 0 spiro atoms. The van der Waals surface area contributed by atoms with Crippen molar-refractivity contribution in [3.63, 3.8) is 0 Å². The van der Waals surface area contributed by atoms with E-state index in [4.69, 9.17) is 14.0 Å². The fourth-order valence-corrected chi connectivity index (χ4v) is 3.77. The van der Waals surface area contributed by atoms with Crippen LogP contribution in [0.3, 0.4) is 0 Å². The third-order valence-electron chi connectivity index (χ3n) is 4.58. The lowest BCUT2D eigenvalue weighted by Gasteiger charge is -2.23. The van der Waals surface area contributed by atoms with Crippen molar-refractivity contribution in [3.8, 4) is 22.8 Å². The van der Waals surface area contributed by atoms with E-state index in [1.165, 1.54) is 5.56 Å². The van der Waals surface area contributed by atoms with Crippen LogP contribution in [-0.2, 0) is 0 Å². The molecule has 3 heterocycles. The number of hydrogen-bond donors (Lipinski definition) is 1. The first-order valence-corrected chi connectivity index (χ1v) is 9.89. The van der Waals surface area contributed by atoms with Gasteiger partial charge in [0.2, 0.25) is 0 Å². The highest BCUT2D eigenvalue weighted by Crippen LogP contribution is 2.34. The molecule has 1 unspecified atom stereocenters. The largest absolute Gasteiger partial charge is 0.486 e. The Labute approximate surface area is 166 Å². The van der Waals surface area contributed by atoms with Gasteiger partial charge in [-0.1, -0.05) is 5.16 Å². The number of fused-ring (bicyclic) bond motifs is 1. The van der Waals surface area contributed by atoms with E-state index in [2.05, 4.69) is 26.8 Å². The van der Waals surface area contributed by atoms with Crippen LogP contribution in [0.1, 0.15) is 22.1 Å². The van der Waals surface area contributed by atoms with E-state index in [1.54, 1.807) is 17.4 Å². The van der Waals surface area contributed by atoms with E-state index in [0.29, 0.717) is 37.0 Å². The normalized spacial score (nSPS) is 14.1. The van der Waals surface area contributed by atoms with Crippen molar-refractivity contribution in [1.29, 1.82) is 0 Å². The molecule has 146 valence electrons. The van der Waals surface area contributed by atoms with E-state index in [-0.39, 0.29) is 17.6 Å². The van der Waals surface area contributed by atoms with Crippen molar-refractivity contribution in [1.82, 2.24) is 15.4 Å². The molecule has 1 atom stereocenters. The third kappa shape index (κ3) is 3.88. The third-order valence-corrected chi connectivity index (χ3v) is 5.28. The molecule has 3 aromatic rings. The van der Waals surface area contributed by atoms with Gasteiger partial charge in [-0.15, -0.1) is 0 Å². The summed E-state index contributed by atoms with van der Waals surface area (Å²) < 4.78 is 16.5. The van der Waals surface area contributed by atoms with Crippen molar-refractivity contribution >= 4 is 17.2 Å². The van der Waals surface area contributed by atoms with Gasteiger partial charge in [-0.25, -0.2) is 0 Å². The Hall–Kier alpha value is -2.84. The van der Waals surface area contributed by atoms with Gasteiger partial charge in [0.1, 0.15) is 13.2 Å². The molecule has 8 heteroatoms. The quantitative estimate of drug-likeness (QED) is 0.686. The number of amides is 1. The predicted octanol–water partition coefficient (Wildman–Crippen LogP) is 3.21. The maximum absolute atomic E-state index is 12.5. The molecule has 0 radical (unpaired) electrons. The Morgan fingerprint density at radius 1 is 1.21 bits per heavy atom. The first-order valence-electron chi connectivity index (χ1n) is 8.95. The Morgan fingerprint density at radius 2 is 2.04 bits per heavy atom. The van der Waals surface area contributed by atoms with Crippen LogP contribution in [0.2, 0.25) is 0 Å². The van der Waals surface area contributed by atoms with Crippen LogP contribution < -0.4 is 14.8 Å². The van der Waals surface area contributed by atoms with Crippen LogP contribution >= 0.6 is 11.3 Å². The zero-order valence-electron chi connectivity index (χ0n) is 15.7. The highest BCUT2D eigenvalue weighted by Gasteiger charge is 2.20. The summed E-state index contributed by atoms with van der Waals surface area (Å²) in [4.78, 5) is 14.6. The standard InChI is InChI=1S/C20H21N3O4S/c1-23(2)16(14-5-8-28-12-14)11-21-20(24)15-10-18(27-22-15)13-3-4-17-19(9-13)26-7-6-25-17/h3-5,8-10,12,16H,6-7,11H2,1-2H3,(H,21,24). The van der Waals surface area contributed by atoms with Crippen molar-refractivity contribution in [3.05, 3.63) is 52.3 Å². The molecule has 4 rings (SSSR count). The summed E-state index contributed by atoms with van der Waals surface area (Å²) in [5.74, 6) is 1.60. The van der Waals surface area contributed by atoms with Crippen molar-refractivity contribution in [2.75, 3.05) is 33.9 Å².